The molecule has 16 heavy (non-hydrogen) atoms. The smallest absolute Gasteiger partial charge is 0.229 e. The van der Waals surface area contributed by atoms with Gasteiger partial charge in [0.2, 0.25) is 5.91 Å². The van der Waals surface area contributed by atoms with Crippen LogP contribution in [0.3, 0.4) is 0 Å². The van der Waals surface area contributed by atoms with Gasteiger partial charge in [-0.2, -0.15) is 0 Å². The van der Waals surface area contributed by atoms with Gasteiger partial charge in [0.05, 0.1) is 5.41 Å². The lowest BCUT2D eigenvalue weighted by molar-refractivity contribution is -0.147. The predicted octanol–water partition coefficient (Wildman–Crippen LogP) is 3.32. The molecule has 1 saturated carbocycles. The lowest BCUT2D eigenvalue weighted by atomic mass is 9.65. The third kappa shape index (κ3) is 1.76. The molecule has 94 valence electrons. The van der Waals surface area contributed by atoms with Crippen LogP contribution in [0.2, 0.25) is 0 Å². The Kier molecular flexibility index (Phi) is 3.71. The van der Waals surface area contributed by atoms with Crippen molar-refractivity contribution in [3.05, 3.63) is 0 Å². The van der Waals surface area contributed by atoms with Crippen LogP contribution in [0.25, 0.3) is 0 Å². The molecule has 0 bridgehead atoms. The second kappa shape index (κ2) is 4.38. The van der Waals surface area contributed by atoms with Crippen molar-refractivity contribution in [3.8, 4) is 0 Å². The van der Waals surface area contributed by atoms with Crippen LogP contribution in [0.15, 0.2) is 0 Å². The predicted molar refractivity (Wildman–Crippen MR) is 68.2 cm³/mol. The molecule has 1 aliphatic carbocycles. The zero-order chi connectivity index (χ0) is 12.6. The van der Waals surface area contributed by atoms with Gasteiger partial charge in [-0.1, -0.05) is 27.7 Å². The van der Waals surface area contributed by atoms with Crippen molar-refractivity contribution in [2.24, 2.45) is 16.7 Å². The highest BCUT2D eigenvalue weighted by Gasteiger charge is 2.54. The number of carbonyl (C=O) groups is 1. The summed E-state index contributed by atoms with van der Waals surface area (Å²) in [6.07, 6.45) is 2.22. The number of amides is 1. The van der Waals surface area contributed by atoms with Crippen LogP contribution in [0.5, 0.6) is 0 Å². The Bertz CT molecular complexity index is 268. The maximum absolute atomic E-state index is 12.6. The van der Waals surface area contributed by atoms with Crippen LogP contribution >= 0.6 is 0 Å². The number of rotatable bonds is 3. The molecular formula is C14H27NO. The quantitative estimate of drug-likeness (QED) is 0.721. The summed E-state index contributed by atoms with van der Waals surface area (Å²) in [5, 5.41) is 0. The summed E-state index contributed by atoms with van der Waals surface area (Å²) in [5.74, 6) is 0.990. The molecule has 0 aromatic heterocycles. The van der Waals surface area contributed by atoms with Crippen molar-refractivity contribution in [2.75, 3.05) is 13.1 Å². The fourth-order valence-electron chi connectivity index (χ4n) is 2.97. The summed E-state index contributed by atoms with van der Waals surface area (Å²) in [4.78, 5) is 14.6. The molecule has 2 heteroatoms. The van der Waals surface area contributed by atoms with Gasteiger partial charge in [0.15, 0.2) is 0 Å². The van der Waals surface area contributed by atoms with Gasteiger partial charge in [0, 0.05) is 13.1 Å². The first-order chi connectivity index (χ1) is 7.31. The standard InChI is InChI=1S/C14H27NO/c1-7-15(8-2)12(16)14(6)10-9-11(3)13(14,4)5/h11H,7-10H2,1-6H3/t11-,14-/m0/s1. The van der Waals surface area contributed by atoms with E-state index >= 15 is 0 Å². The van der Waals surface area contributed by atoms with E-state index in [2.05, 4.69) is 41.5 Å². The molecule has 0 unspecified atom stereocenters. The minimum absolute atomic E-state index is 0.118. The van der Waals surface area contributed by atoms with Gasteiger partial charge in [-0.3, -0.25) is 4.79 Å². The molecule has 0 N–H and O–H groups in total. The average Bonchev–Trinajstić information content (AvgIpc) is 2.45. The molecular weight excluding hydrogens is 198 g/mol. The van der Waals surface area contributed by atoms with Crippen LogP contribution < -0.4 is 0 Å². The van der Waals surface area contributed by atoms with Crippen molar-refractivity contribution >= 4 is 5.91 Å². The summed E-state index contributed by atoms with van der Waals surface area (Å²) < 4.78 is 0. The Morgan fingerprint density at radius 1 is 1.25 bits per heavy atom. The highest BCUT2D eigenvalue weighted by Crippen LogP contribution is 2.56. The molecule has 0 aromatic rings. The number of hydrogen-bond donors (Lipinski definition) is 0. The Labute approximate surface area is 100 Å². The Morgan fingerprint density at radius 3 is 2.06 bits per heavy atom. The van der Waals surface area contributed by atoms with Crippen molar-refractivity contribution in [3.63, 3.8) is 0 Å². The van der Waals surface area contributed by atoms with Crippen molar-refractivity contribution in [1.29, 1.82) is 0 Å². The summed E-state index contributed by atoms with van der Waals surface area (Å²) in [5.41, 5.74) is -0.0505. The molecule has 2 atom stereocenters. The van der Waals surface area contributed by atoms with E-state index in [9.17, 15) is 4.79 Å². The van der Waals surface area contributed by atoms with Gasteiger partial charge in [0.1, 0.15) is 0 Å². The first-order valence-electron chi connectivity index (χ1n) is 6.60. The van der Waals surface area contributed by atoms with Crippen LogP contribution in [-0.4, -0.2) is 23.9 Å². The van der Waals surface area contributed by atoms with Gasteiger partial charge in [-0.05, 0) is 38.0 Å². The van der Waals surface area contributed by atoms with Crippen molar-refractivity contribution in [2.45, 2.75) is 54.4 Å². The topological polar surface area (TPSA) is 20.3 Å². The van der Waals surface area contributed by atoms with E-state index in [1.165, 1.54) is 6.42 Å². The molecule has 0 radical (unpaired) electrons. The normalized spacial score (nSPS) is 32.8. The molecule has 0 aliphatic heterocycles. The fraction of sp³-hybridized carbons (Fsp3) is 0.929. The van der Waals surface area contributed by atoms with Crippen molar-refractivity contribution < 1.29 is 4.79 Å². The van der Waals surface area contributed by atoms with E-state index in [1.54, 1.807) is 0 Å². The van der Waals surface area contributed by atoms with E-state index < -0.39 is 0 Å². The monoisotopic (exact) mass is 225 g/mol. The zero-order valence-electron chi connectivity index (χ0n) is 11.8. The van der Waals surface area contributed by atoms with Gasteiger partial charge in [-0.15, -0.1) is 0 Å². The molecule has 2 nitrogen and oxygen atoms in total. The first-order valence-corrected chi connectivity index (χ1v) is 6.60. The van der Waals surface area contributed by atoms with Crippen LogP contribution in [0.4, 0.5) is 0 Å². The van der Waals surface area contributed by atoms with Crippen LogP contribution in [0, 0.1) is 16.7 Å². The molecule has 1 fully saturated rings. The summed E-state index contributed by atoms with van der Waals surface area (Å²) >= 11 is 0. The molecule has 1 amide bonds. The highest BCUT2D eigenvalue weighted by molar-refractivity contribution is 5.83. The third-order valence-electron chi connectivity index (χ3n) is 5.25. The average molecular weight is 225 g/mol. The van der Waals surface area contributed by atoms with E-state index in [0.717, 1.165) is 19.5 Å². The second-order valence-corrected chi connectivity index (χ2v) is 5.97. The Hall–Kier alpha value is -0.530. The van der Waals surface area contributed by atoms with Gasteiger partial charge in [0.25, 0.3) is 0 Å². The van der Waals surface area contributed by atoms with E-state index in [1.807, 2.05) is 4.90 Å². The number of carbonyl (C=O) groups excluding carboxylic acids is 1. The lowest BCUT2D eigenvalue weighted by Gasteiger charge is -2.42. The fourth-order valence-corrected chi connectivity index (χ4v) is 2.97. The maximum atomic E-state index is 12.6. The van der Waals surface area contributed by atoms with E-state index in [-0.39, 0.29) is 10.8 Å². The largest absolute Gasteiger partial charge is 0.343 e. The molecule has 0 aromatic carbocycles. The molecule has 1 rings (SSSR count). The van der Waals surface area contributed by atoms with Crippen LogP contribution in [0.1, 0.15) is 54.4 Å². The van der Waals surface area contributed by atoms with Gasteiger partial charge >= 0.3 is 0 Å². The summed E-state index contributed by atoms with van der Waals surface area (Å²) in [6.45, 7) is 14.7. The van der Waals surface area contributed by atoms with E-state index in [0.29, 0.717) is 11.8 Å². The third-order valence-corrected chi connectivity index (χ3v) is 5.25. The lowest BCUT2D eigenvalue weighted by Crippen LogP contribution is -2.48. The molecule has 0 heterocycles. The van der Waals surface area contributed by atoms with Gasteiger partial charge < -0.3 is 4.90 Å². The highest BCUT2D eigenvalue weighted by atomic mass is 16.2. The second-order valence-electron chi connectivity index (χ2n) is 5.97. The molecule has 0 spiro atoms. The Morgan fingerprint density at radius 2 is 1.75 bits per heavy atom. The minimum Gasteiger partial charge on any atom is -0.343 e. The van der Waals surface area contributed by atoms with Crippen molar-refractivity contribution in [1.82, 2.24) is 4.90 Å². The van der Waals surface area contributed by atoms with E-state index in [4.69, 9.17) is 0 Å². The molecule has 1 aliphatic rings. The zero-order valence-corrected chi connectivity index (χ0v) is 11.8. The maximum Gasteiger partial charge on any atom is 0.229 e. The first kappa shape index (κ1) is 13.5. The molecule has 0 saturated heterocycles. The number of nitrogens with zero attached hydrogens (tertiary/aromatic N) is 1. The van der Waals surface area contributed by atoms with Gasteiger partial charge in [-0.25, -0.2) is 0 Å². The summed E-state index contributed by atoms with van der Waals surface area (Å²) in [6, 6.07) is 0. The Balaban J connectivity index is 2.98. The van der Waals surface area contributed by atoms with Crippen LogP contribution in [-0.2, 0) is 4.79 Å². The number of hydrogen-bond acceptors (Lipinski definition) is 1. The SMILES string of the molecule is CCN(CC)C(=O)[C@]1(C)CC[C@H](C)C1(C)C. The minimum atomic E-state index is -0.168. The summed E-state index contributed by atoms with van der Waals surface area (Å²) in [7, 11) is 0.